The van der Waals surface area contributed by atoms with Gasteiger partial charge < -0.3 is 20.3 Å². The van der Waals surface area contributed by atoms with Crippen molar-refractivity contribution < 1.29 is 24.5 Å². The first-order valence-corrected chi connectivity index (χ1v) is 27.3. The Kier molecular flexibility index (Phi) is 48.0. The second-order valence-electron chi connectivity index (χ2n) is 19.0. The van der Waals surface area contributed by atoms with E-state index in [1.54, 1.807) is 0 Å². The maximum Gasteiger partial charge on any atom is 0.306 e. The predicted molar refractivity (Wildman–Crippen MR) is 260 cm³/mol. The Morgan fingerprint density at radius 1 is 0.417 bits per heavy atom. The van der Waals surface area contributed by atoms with Gasteiger partial charge >= 0.3 is 5.97 Å². The van der Waals surface area contributed by atoms with Gasteiger partial charge in [-0.05, 0) is 25.7 Å². The summed E-state index contributed by atoms with van der Waals surface area (Å²) in [5, 5.41) is 23.7. The average molecular weight is 850 g/mol. The van der Waals surface area contributed by atoms with Crippen LogP contribution >= 0.6 is 0 Å². The van der Waals surface area contributed by atoms with Crippen LogP contribution in [0.5, 0.6) is 0 Å². The Morgan fingerprint density at radius 2 is 0.700 bits per heavy atom. The van der Waals surface area contributed by atoms with Gasteiger partial charge in [-0.1, -0.05) is 271 Å². The highest BCUT2D eigenvalue weighted by Crippen LogP contribution is 2.19. The number of esters is 1. The first-order chi connectivity index (χ1) is 29.5. The summed E-state index contributed by atoms with van der Waals surface area (Å²) in [5.74, 6) is -0.449. The quantitative estimate of drug-likeness (QED) is 0.0419. The first-order valence-electron chi connectivity index (χ1n) is 27.3. The molecule has 0 aliphatic heterocycles. The number of nitrogens with one attached hydrogen (secondary N) is 1. The Hall–Kier alpha value is -1.14. The van der Waals surface area contributed by atoms with E-state index in [9.17, 15) is 19.8 Å². The summed E-state index contributed by atoms with van der Waals surface area (Å²) in [6, 6.07) is -0.691. The molecule has 0 aliphatic carbocycles. The number of unbranched alkanes of at least 4 members (excludes halogenated alkanes) is 38. The van der Waals surface area contributed by atoms with E-state index in [1.807, 2.05) is 0 Å². The topological polar surface area (TPSA) is 95.9 Å². The molecule has 6 heteroatoms. The Balaban J connectivity index is 4.42. The molecule has 0 fully saturated rings. The molecule has 0 aliphatic rings. The van der Waals surface area contributed by atoms with Crippen LogP contribution in [0.1, 0.15) is 310 Å². The molecule has 6 nitrogen and oxygen atoms in total. The summed E-state index contributed by atoms with van der Waals surface area (Å²) in [5.41, 5.74) is 0. The van der Waals surface area contributed by atoms with Crippen LogP contribution in [0.3, 0.4) is 0 Å². The second kappa shape index (κ2) is 48.9. The zero-order valence-electron chi connectivity index (χ0n) is 40.9. The third kappa shape index (κ3) is 43.5. The average Bonchev–Trinajstić information content (AvgIpc) is 3.24. The first kappa shape index (κ1) is 58.9. The van der Waals surface area contributed by atoms with E-state index in [1.165, 1.54) is 225 Å². The van der Waals surface area contributed by atoms with Crippen molar-refractivity contribution in [2.45, 2.75) is 328 Å². The number of hydrogen-bond donors (Lipinski definition) is 3. The van der Waals surface area contributed by atoms with Gasteiger partial charge in [0.2, 0.25) is 5.91 Å². The van der Waals surface area contributed by atoms with Crippen LogP contribution in [0.25, 0.3) is 0 Å². The number of aliphatic hydroxyl groups is 2. The van der Waals surface area contributed by atoms with Gasteiger partial charge in [0, 0.05) is 6.42 Å². The van der Waals surface area contributed by atoms with Gasteiger partial charge in [0.05, 0.1) is 25.2 Å². The SMILES string of the molecule is CCCCCCCCCCCCCCCCCCCCCC(=O)OC(CCCCCCCCCCCCCCC)CC(=O)NC(CO)C(O)CCCCCCCCCCC. The van der Waals surface area contributed by atoms with Crippen molar-refractivity contribution in [3.05, 3.63) is 0 Å². The fourth-order valence-corrected chi connectivity index (χ4v) is 8.79. The molecule has 3 unspecified atom stereocenters. The van der Waals surface area contributed by atoms with Gasteiger partial charge in [-0.15, -0.1) is 0 Å². The number of carbonyl (C=O) groups excluding carboxylic acids is 2. The molecule has 0 spiro atoms. The van der Waals surface area contributed by atoms with E-state index in [-0.39, 0.29) is 24.9 Å². The van der Waals surface area contributed by atoms with Crippen LogP contribution in [0.2, 0.25) is 0 Å². The maximum atomic E-state index is 13.2. The lowest BCUT2D eigenvalue weighted by Gasteiger charge is -2.24. The van der Waals surface area contributed by atoms with Gasteiger partial charge in [-0.3, -0.25) is 9.59 Å². The summed E-state index contributed by atoms with van der Waals surface area (Å²) in [6.45, 7) is 6.50. The second-order valence-corrected chi connectivity index (χ2v) is 19.0. The van der Waals surface area contributed by atoms with Crippen molar-refractivity contribution >= 4 is 11.9 Å². The molecule has 3 atom stereocenters. The molecule has 0 aromatic carbocycles. The minimum absolute atomic E-state index is 0.0877. The van der Waals surface area contributed by atoms with Gasteiger partial charge in [0.1, 0.15) is 6.10 Å². The number of hydrogen-bond acceptors (Lipinski definition) is 5. The van der Waals surface area contributed by atoms with Crippen molar-refractivity contribution in [1.29, 1.82) is 0 Å². The Bertz CT molecular complexity index is 867. The molecular weight excluding hydrogens is 743 g/mol. The molecule has 0 saturated heterocycles. The molecule has 3 N–H and O–H groups in total. The Morgan fingerprint density at radius 3 is 1.02 bits per heavy atom. The molecule has 1 amide bonds. The van der Waals surface area contributed by atoms with Crippen molar-refractivity contribution in [2.75, 3.05) is 6.61 Å². The summed E-state index contributed by atoms with van der Waals surface area (Å²) >= 11 is 0. The van der Waals surface area contributed by atoms with E-state index in [0.717, 1.165) is 38.5 Å². The molecule has 0 aromatic rings. The molecule has 358 valence electrons. The molecule has 60 heavy (non-hydrogen) atoms. The minimum Gasteiger partial charge on any atom is -0.462 e. The highest BCUT2D eigenvalue weighted by molar-refractivity contribution is 5.77. The highest BCUT2D eigenvalue weighted by atomic mass is 16.5. The predicted octanol–water partition coefficient (Wildman–Crippen LogP) is 16.4. The lowest BCUT2D eigenvalue weighted by Crippen LogP contribution is -2.46. The largest absolute Gasteiger partial charge is 0.462 e. The van der Waals surface area contributed by atoms with Crippen molar-refractivity contribution in [2.24, 2.45) is 0 Å². The number of ether oxygens (including phenoxy) is 1. The Labute approximate surface area is 375 Å². The van der Waals surface area contributed by atoms with E-state index >= 15 is 0 Å². The summed E-state index contributed by atoms with van der Waals surface area (Å²) < 4.78 is 5.95. The monoisotopic (exact) mass is 850 g/mol. The molecule has 0 aromatic heterocycles. The van der Waals surface area contributed by atoms with Crippen LogP contribution in [0, 0.1) is 0 Å². The summed E-state index contributed by atoms with van der Waals surface area (Å²) in [7, 11) is 0. The maximum absolute atomic E-state index is 13.2. The zero-order valence-corrected chi connectivity index (χ0v) is 40.9. The molecule has 0 rings (SSSR count). The standard InChI is InChI=1S/C54H107NO5/c1-4-7-10-13-16-19-21-23-24-25-26-27-28-30-32-35-38-41-44-47-54(59)60-50(45-42-39-36-34-31-29-22-20-17-14-11-8-5-2)48-53(58)55-51(49-56)52(57)46-43-40-37-33-18-15-12-9-6-3/h50-52,56-57H,4-49H2,1-3H3,(H,55,58). The van der Waals surface area contributed by atoms with Gasteiger partial charge in [-0.25, -0.2) is 0 Å². The van der Waals surface area contributed by atoms with Crippen LogP contribution in [0.4, 0.5) is 0 Å². The third-order valence-electron chi connectivity index (χ3n) is 12.9. The summed E-state index contributed by atoms with van der Waals surface area (Å²) in [4.78, 5) is 26.1. The van der Waals surface area contributed by atoms with Crippen molar-refractivity contribution in [3.8, 4) is 0 Å². The minimum atomic E-state index is -0.778. The van der Waals surface area contributed by atoms with Gasteiger partial charge in [0.25, 0.3) is 0 Å². The van der Waals surface area contributed by atoms with Crippen LogP contribution in [-0.2, 0) is 14.3 Å². The van der Waals surface area contributed by atoms with E-state index < -0.39 is 18.2 Å². The van der Waals surface area contributed by atoms with Crippen LogP contribution in [-0.4, -0.2) is 46.9 Å². The van der Waals surface area contributed by atoms with Gasteiger partial charge in [0.15, 0.2) is 0 Å². The van der Waals surface area contributed by atoms with Crippen LogP contribution in [0.15, 0.2) is 0 Å². The molecule has 0 heterocycles. The number of rotatable bonds is 50. The number of aliphatic hydroxyl groups excluding tert-OH is 2. The highest BCUT2D eigenvalue weighted by Gasteiger charge is 2.24. The zero-order chi connectivity index (χ0) is 43.8. The fraction of sp³-hybridized carbons (Fsp3) is 0.963. The molecule has 0 saturated carbocycles. The van der Waals surface area contributed by atoms with Crippen molar-refractivity contribution in [3.63, 3.8) is 0 Å². The summed E-state index contributed by atoms with van der Waals surface area (Å²) in [6.07, 6.45) is 53.2. The smallest absolute Gasteiger partial charge is 0.306 e. The third-order valence-corrected chi connectivity index (χ3v) is 12.9. The van der Waals surface area contributed by atoms with Gasteiger partial charge in [-0.2, -0.15) is 0 Å². The fourth-order valence-electron chi connectivity index (χ4n) is 8.79. The lowest BCUT2D eigenvalue weighted by molar-refractivity contribution is -0.151. The van der Waals surface area contributed by atoms with Crippen molar-refractivity contribution in [1.82, 2.24) is 5.32 Å². The lowest BCUT2D eigenvalue weighted by atomic mass is 10.0. The van der Waals surface area contributed by atoms with E-state index in [2.05, 4.69) is 26.1 Å². The number of amides is 1. The van der Waals surface area contributed by atoms with E-state index in [4.69, 9.17) is 4.74 Å². The molecular formula is C54H107NO5. The number of carbonyl (C=O) groups is 2. The van der Waals surface area contributed by atoms with E-state index in [0.29, 0.717) is 19.3 Å². The molecule has 0 bridgehead atoms. The normalized spacial score (nSPS) is 13.1. The molecule has 0 radical (unpaired) electrons. The van der Waals surface area contributed by atoms with Crippen LogP contribution < -0.4 is 5.32 Å².